The lowest BCUT2D eigenvalue weighted by atomic mass is 10.1. The molecule has 0 bridgehead atoms. The van der Waals surface area contributed by atoms with E-state index < -0.39 is 5.97 Å². The Morgan fingerprint density at radius 2 is 2.05 bits per heavy atom. The smallest absolute Gasteiger partial charge is 0.305 e. The topological polar surface area (TPSA) is 88.3 Å². The Balaban J connectivity index is 1.76. The highest BCUT2D eigenvalue weighted by Gasteiger charge is 2.30. The second kappa shape index (κ2) is 5.97. The number of rotatable bonds is 4. The second-order valence-electron chi connectivity index (χ2n) is 5.29. The van der Waals surface area contributed by atoms with E-state index in [9.17, 15) is 9.59 Å². The van der Waals surface area contributed by atoms with Gasteiger partial charge in [0.15, 0.2) is 0 Å². The summed E-state index contributed by atoms with van der Waals surface area (Å²) in [6, 6.07) is 6.85. The van der Waals surface area contributed by atoms with E-state index in [0.29, 0.717) is 12.1 Å². The van der Waals surface area contributed by atoms with Gasteiger partial charge in [0.2, 0.25) is 0 Å². The van der Waals surface area contributed by atoms with Gasteiger partial charge < -0.3 is 10.0 Å². The molecule has 1 amide bonds. The largest absolute Gasteiger partial charge is 0.481 e. The molecule has 1 fully saturated rings. The van der Waals surface area contributed by atoms with Crippen LogP contribution in [0.3, 0.4) is 0 Å². The highest BCUT2D eigenvalue weighted by Crippen LogP contribution is 2.23. The molecule has 1 unspecified atom stereocenters. The normalized spacial score (nSPS) is 17.6. The molecule has 3 rings (SSSR count). The van der Waals surface area contributed by atoms with E-state index in [1.807, 2.05) is 0 Å². The Morgan fingerprint density at radius 3 is 2.68 bits per heavy atom. The van der Waals surface area contributed by atoms with E-state index >= 15 is 0 Å². The molecule has 1 atom stereocenters. The zero-order valence-corrected chi connectivity index (χ0v) is 11.9. The SMILES string of the molecule is O=C(O)CC1CCCN1C(=O)c1ccc(-n2ccnn2)cc1. The Hall–Kier alpha value is -2.70. The van der Waals surface area contributed by atoms with Crippen LogP contribution in [0.15, 0.2) is 36.7 Å². The summed E-state index contributed by atoms with van der Waals surface area (Å²) in [5, 5.41) is 16.6. The van der Waals surface area contributed by atoms with Crippen LogP contribution < -0.4 is 0 Å². The van der Waals surface area contributed by atoms with E-state index in [0.717, 1.165) is 18.5 Å². The van der Waals surface area contributed by atoms with Crippen LogP contribution in [0.5, 0.6) is 0 Å². The number of aliphatic carboxylic acids is 1. The molecule has 1 aromatic heterocycles. The first-order valence-electron chi connectivity index (χ1n) is 7.14. The summed E-state index contributed by atoms with van der Waals surface area (Å²) in [4.78, 5) is 25.1. The summed E-state index contributed by atoms with van der Waals surface area (Å²) in [5.41, 5.74) is 1.37. The van der Waals surface area contributed by atoms with Gasteiger partial charge in [-0.25, -0.2) is 4.68 Å². The molecular formula is C15H16N4O3. The van der Waals surface area contributed by atoms with Crippen molar-refractivity contribution >= 4 is 11.9 Å². The minimum atomic E-state index is -0.869. The highest BCUT2D eigenvalue weighted by molar-refractivity contribution is 5.95. The van der Waals surface area contributed by atoms with E-state index in [1.54, 1.807) is 46.2 Å². The number of likely N-dealkylation sites (tertiary alicyclic amines) is 1. The van der Waals surface area contributed by atoms with Gasteiger partial charge in [0, 0.05) is 18.2 Å². The summed E-state index contributed by atoms with van der Waals surface area (Å²) < 4.78 is 1.61. The number of carboxylic acid groups (broad SMARTS) is 1. The van der Waals surface area contributed by atoms with Crippen molar-refractivity contribution in [3.05, 3.63) is 42.2 Å². The molecular weight excluding hydrogens is 284 g/mol. The molecule has 114 valence electrons. The summed E-state index contributed by atoms with van der Waals surface area (Å²) in [5.74, 6) is -0.986. The van der Waals surface area contributed by atoms with Crippen molar-refractivity contribution < 1.29 is 14.7 Å². The summed E-state index contributed by atoms with van der Waals surface area (Å²) in [7, 11) is 0. The minimum Gasteiger partial charge on any atom is -0.481 e. The van der Waals surface area contributed by atoms with Gasteiger partial charge in [-0.15, -0.1) is 5.10 Å². The van der Waals surface area contributed by atoms with Crippen LogP contribution in [-0.2, 0) is 4.79 Å². The van der Waals surface area contributed by atoms with Crippen LogP contribution in [0.25, 0.3) is 5.69 Å². The lowest BCUT2D eigenvalue weighted by molar-refractivity contribution is -0.137. The zero-order chi connectivity index (χ0) is 15.5. The van der Waals surface area contributed by atoms with Crippen LogP contribution in [0.4, 0.5) is 0 Å². The van der Waals surface area contributed by atoms with Gasteiger partial charge in [0.1, 0.15) is 0 Å². The number of aromatic nitrogens is 3. The van der Waals surface area contributed by atoms with E-state index in [1.165, 1.54) is 0 Å². The lowest BCUT2D eigenvalue weighted by Gasteiger charge is -2.23. The van der Waals surface area contributed by atoms with Crippen LogP contribution in [0.1, 0.15) is 29.6 Å². The maximum atomic E-state index is 12.5. The van der Waals surface area contributed by atoms with Crippen LogP contribution >= 0.6 is 0 Å². The molecule has 0 radical (unpaired) electrons. The van der Waals surface area contributed by atoms with E-state index in [2.05, 4.69) is 10.3 Å². The molecule has 1 N–H and O–H groups in total. The molecule has 2 aromatic rings. The molecule has 2 heterocycles. The maximum Gasteiger partial charge on any atom is 0.305 e. The first kappa shape index (κ1) is 14.2. The number of carbonyl (C=O) groups excluding carboxylic acids is 1. The second-order valence-corrected chi connectivity index (χ2v) is 5.29. The Morgan fingerprint density at radius 1 is 1.27 bits per heavy atom. The van der Waals surface area contributed by atoms with E-state index in [-0.39, 0.29) is 18.4 Å². The Labute approximate surface area is 127 Å². The summed E-state index contributed by atoms with van der Waals surface area (Å²) in [6.45, 7) is 0.613. The van der Waals surface area contributed by atoms with Crippen molar-refractivity contribution in [3.63, 3.8) is 0 Å². The molecule has 7 heteroatoms. The van der Waals surface area contributed by atoms with Crippen molar-refractivity contribution in [2.75, 3.05) is 6.54 Å². The van der Waals surface area contributed by atoms with Crippen LogP contribution in [0, 0.1) is 0 Å². The molecule has 0 aliphatic carbocycles. The summed E-state index contributed by atoms with van der Waals surface area (Å²) in [6.07, 6.45) is 4.90. The van der Waals surface area contributed by atoms with Crippen molar-refractivity contribution in [2.24, 2.45) is 0 Å². The summed E-state index contributed by atoms with van der Waals surface area (Å²) >= 11 is 0. The van der Waals surface area contributed by atoms with Gasteiger partial charge in [0.25, 0.3) is 5.91 Å². The molecule has 0 saturated carbocycles. The van der Waals surface area contributed by atoms with Gasteiger partial charge in [-0.05, 0) is 37.1 Å². The predicted octanol–water partition coefficient (Wildman–Crippen LogP) is 1.35. The highest BCUT2D eigenvalue weighted by atomic mass is 16.4. The molecule has 0 spiro atoms. The third-order valence-corrected chi connectivity index (χ3v) is 3.85. The Bertz CT molecular complexity index is 667. The first-order chi connectivity index (χ1) is 10.6. The number of amides is 1. The number of carboxylic acids is 1. The number of benzene rings is 1. The lowest BCUT2D eigenvalue weighted by Crippen LogP contribution is -2.36. The van der Waals surface area contributed by atoms with Crippen molar-refractivity contribution in [1.29, 1.82) is 0 Å². The van der Waals surface area contributed by atoms with Gasteiger partial charge in [0.05, 0.1) is 24.5 Å². The average molecular weight is 300 g/mol. The maximum absolute atomic E-state index is 12.5. The standard InChI is InChI=1S/C15H16N4O3/c20-14(21)10-13-2-1-8-18(13)15(22)11-3-5-12(6-4-11)19-9-7-16-17-19/h3-7,9,13H,1-2,8,10H2,(H,20,21). The van der Waals surface area contributed by atoms with Crippen molar-refractivity contribution in [3.8, 4) is 5.69 Å². The number of hydrogen-bond acceptors (Lipinski definition) is 4. The number of hydrogen-bond donors (Lipinski definition) is 1. The number of nitrogens with zero attached hydrogens (tertiary/aromatic N) is 4. The quantitative estimate of drug-likeness (QED) is 0.920. The molecule has 1 aliphatic rings. The molecule has 1 saturated heterocycles. The fraction of sp³-hybridized carbons (Fsp3) is 0.333. The predicted molar refractivity (Wildman–Crippen MR) is 77.7 cm³/mol. The van der Waals surface area contributed by atoms with Gasteiger partial charge >= 0.3 is 5.97 Å². The zero-order valence-electron chi connectivity index (χ0n) is 11.9. The van der Waals surface area contributed by atoms with E-state index in [4.69, 9.17) is 5.11 Å². The van der Waals surface area contributed by atoms with Crippen LogP contribution in [-0.4, -0.2) is 49.5 Å². The molecule has 7 nitrogen and oxygen atoms in total. The monoisotopic (exact) mass is 300 g/mol. The Kier molecular flexibility index (Phi) is 3.86. The van der Waals surface area contributed by atoms with Gasteiger partial charge in [-0.2, -0.15) is 0 Å². The van der Waals surface area contributed by atoms with Crippen molar-refractivity contribution in [2.45, 2.75) is 25.3 Å². The van der Waals surface area contributed by atoms with Gasteiger partial charge in [-0.3, -0.25) is 9.59 Å². The third kappa shape index (κ3) is 2.83. The number of carbonyl (C=O) groups is 2. The molecule has 22 heavy (non-hydrogen) atoms. The average Bonchev–Trinajstić information content (AvgIpc) is 3.17. The van der Waals surface area contributed by atoms with Crippen LogP contribution in [0.2, 0.25) is 0 Å². The van der Waals surface area contributed by atoms with Gasteiger partial charge in [-0.1, -0.05) is 5.21 Å². The fourth-order valence-electron chi connectivity index (χ4n) is 2.79. The fourth-order valence-corrected chi connectivity index (χ4v) is 2.79. The molecule has 1 aromatic carbocycles. The van der Waals surface area contributed by atoms with Crippen molar-refractivity contribution in [1.82, 2.24) is 19.9 Å². The minimum absolute atomic E-state index is 0.00276. The molecule has 1 aliphatic heterocycles. The third-order valence-electron chi connectivity index (χ3n) is 3.85. The first-order valence-corrected chi connectivity index (χ1v) is 7.14.